The van der Waals surface area contributed by atoms with Gasteiger partial charge in [0.1, 0.15) is 0 Å². The van der Waals surface area contributed by atoms with Crippen LogP contribution in [0.5, 0.6) is 0 Å². The summed E-state index contributed by atoms with van der Waals surface area (Å²) in [5.41, 5.74) is 0. The second kappa shape index (κ2) is 20.8. The highest BCUT2D eigenvalue weighted by molar-refractivity contribution is 4.55. The van der Waals surface area contributed by atoms with Gasteiger partial charge in [-0.05, 0) is 90.8 Å². The van der Waals surface area contributed by atoms with Crippen LogP contribution in [0.4, 0.5) is 0 Å². The molecule has 0 unspecified atom stereocenters. The molecule has 0 amide bonds. The fourth-order valence-corrected chi connectivity index (χ4v) is 2.26. The number of aliphatic hydroxyl groups excluding tert-OH is 1. The Hall–Kier alpha value is -0.200. The molecule has 0 aromatic rings. The van der Waals surface area contributed by atoms with Crippen molar-refractivity contribution in [3.8, 4) is 0 Å². The lowest BCUT2D eigenvalue weighted by atomic mass is 10.2. The molecule has 5 nitrogen and oxygen atoms in total. The summed E-state index contributed by atoms with van der Waals surface area (Å²) in [5.74, 6) is 0. The maximum absolute atomic E-state index is 8.62. The molecule has 0 bridgehead atoms. The molecule has 22 heavy (non-hydrogen) atoms. The fraction of sp³-hybridized carbons (Fsp3) is 1.00. The van der Waals surface area contributed by atoms with Crippen molar-refractivity contribution in [3.05, 3.63) is 0 Å². The summed E-state index contributed by atoms with van der Waals surface area (Å²) in [6, 6.07) is 0. The Labute approximate surface area is 138 Å². The van der Waals surface area contributed by atoms with Gasteiger partial charge in [0.15, 0.2) is 0 Å². The minimum atomic E-state index is 0.238. The molecule has 0 aliphatic carbocycles. The molecule has 5 heteroatoms. The number of nitrogens with one attached hydrogen (secondary N) is 4. The fourth-order valence-electron chi connectivity index (χ4n) is 2.26. The van der Waals surface area contributed by atoms with Gasteiger partial charge in [0.2, 0.25) is 0 Å². The van der Waals surface area contributed by atoms with E-state index >= 15 is 0 Å². The molecule has 0 aromatic carbocycles. The number of hydrogen-bond donors (Lipinski definition) is 5. The van der Waals surface area contributed by atoms with E-state index < -0.39 is 0 Å². The minimum Gasteiger partial charge on any atom is -0.395 e. The average Bonchev–Trinajstić information content (AvgIpc) is 2.54. The highest BCUT2D eigenvalue weighted by Gasteiger charge is 1.92. The first kappa shape index (κ1) is 21.8. The summed E-state index contributed by atoms with van der Waals surface area (Å²) in [6.07, 6.45) is 8.70. The Bertz CT molecular complexity index is 173. The van der Waals surface area contributed by atoms with Gasteiger partial charge in [-0.1, -0.05) is 6.92 Å². The number of unbranched alkanes of at least 4 members (excludes halogenated alkanes) is 3. The van der Waals surface area contributed by atoms with Crippen LogP contribution in [-0.4, -0.2) is 64.1 Å². The molecule has 0 saturated carbocycles. The largest absolute Gasteiger partial charge is 0.395 e. The van der Waals surface area contributed by atoms with Crippen LogP contribution >= 0.6 is 0 Å². The van der Waals surface area contributed by atoms with Crippen molar-refractivity contribution >= 4 is 0 Å². The Balaban J connectivity index is 2.91. The summed E-state index contributed by atoms with van der Waals surface area (Å²) in [6.45, 7) is 11.0. The molecule has 134 valence electrons. The lowest BCUT2D eigenvalue weighted by Crippen LogP contribution is -2.23. The zero-order valence-electron chi connectivity index (χ0n) is 14.8. The van der Waals surface area contributed by atoms with Gasteiger partial charge >= 0.3 is 0 Å². The van der Waals surface area contributed by atoms with E-state index in [1.165, 1.54) is 44.9 Å². The maximum Gasteiger partial charge on any atom is 0.0555 e. The zero-order chi connectivity index (χ0) is 16.1. The third kappa shape index (κ3) is 19.8. The quantitative estimate of drug-likeness (QED) is 0.231. The molecule has 0 rings (SSSR count). The SMILES string of the molecule is CCCNCCCCNCCCCNCCCCNCCO. The van der Waals surface area contributed by atoms with E-state index in [9.17, 15) is 0 Å². The van der Waals surface area contributed by atoms with Crippen LogP contribution < -0.4 is 21.3 Å². The Morgan fingerprint density at radius 1 is 0.500 bits per heavy atom. The van der Waals surface area contributed by atoms with Gasteiger partial charge in [0.05, 0.1) is 6.61 Å². The summed E-state index contributed by atoms with van der Waals surface area (Å²) in [7, 11) is 0. The van der Waals surface area contributed by atoms with Crippen molar-refractivity contribution in [2.45, 2.75) is 51.9 Å². The molecule has 0 aliphatic heterocycles. The van der Waals surface area contributed by atoms with Crippen LogP contribution in [0.2, 0.25) is 0 Å². The lowest BCUT2D eigenvalue weighted by molar-refractivity contribution is 0.292. The van der Waals surface area contributed by atoms with E-state index in [0.717, 1.165) is 52.4 Å². The van der Waals surface area contributed by atoms with Crippen molar-refractivity contribution in [3.63, 3.8) is 0 Å². The van der Waals surface area contributed by atoms with E-state index in [4.69, 9.17) is 5.11 Å². The highest BCUT2D eigenvalue weighted by Crippen LogP contribution is 1.89. The summed E-state index contributed by atoms with van der Waals surface area (Å²) in [4.78, 5) is 0. The monoisotopic (exact) mass is 316 g/mol. The number of rotatable bonds is 19. The Morgan fingerprint density at radius 2 is 0.818 bits per heavy atom. The van der Waals surface area contributed by atoms with Gasteiger partial charge in [0.25, 0.3) is 0 Å². The highest BCUT2D eigenvalue weighted by atomic mass is 16.3. The third-order valence-corrected chi connectivity index (χ3v) is 3.59. The molecular formula is C17H40N4O. The van der Waals surface area contributed by atoms with Crippen molar-refractivity contribution in [2.24, 2.45) is 0 Å². The van der Waals surface area contributed by atoms with Crippen LogP contribution in [0.1, 0.15) is 51.9 Å². The van der Waals surface area contributed by atoms with Gasteiger partial charge < -0.3 is 26.4 Å². The number of aliphatic hydroxyl groups is 1. The van der Waals surface area contributed by atoms with Crippen LogP contribution in [0.3, 0.4) is 0 Å². The van der Waals surface area contributed by atoms with E-state index in [-0.39, 0.29) is 6.61 Å². The molecule has 0 spiro atoms. The van der Waals surface area contributed by atoms with Gasteiger partial charge in [-0.3, -0.25) is 0 Å². The Kier molecular flexibility index (Phi) is 20.6. The summed E-state index contributed by atoms with van der Waals surface area (Å²) < 4.78 is 0. The van der Waals surface area contributed by atoms with Gasteiger partial charge in [-0.25, -0.2) is 0 Å². The van der Waals surface area contributed by atoms with Crippen molar-refractivity contribution in [1.29, 1.82) is 0 Å². The first-order chi connectivity index (χ1) is 10.9. The lowest BCUT2D eigenvalue weighted by Gasteiger charge is -2.07. The zero-order valence-corrected chi connectivity index (χ0v) is 14.8. The van der Waals surface area contributed by atoms with E-state index in [2.05, 4.69) is 28.2 Å². The predicted octanol–water partition coefficient (Wildman–Crippen LogP) is 1.09. The van der Waals surface area contributed by atoms with Gasteiger partial charge in [0, 0.05) is 6.54 Å². The van der Waals surface area contributed by atoms with Crippen LogP contribution in [0, 0.1) is 0 Å². The second-order valence-corrected chi connectivity index (χ2v) is 5.84. The second-order valence-electron chi connectivity index (χ2n) is 5.84. The van der Waals surface area contributed by atoms with Crippen molar-refractivity contribution in [1.82, 2.24) is 21.3 Å². The molecule has 0 saturated heterocycles. The summed E-state index contributed by atoms with van der Waals surface area (Å²) in [5, 5.41) is 22.3. The molecule has 0 heterocycles. The molecular weight excluding hydrogens is 276 g/mol. The van der Waals surface area contributed by atoms with Gasteiger partial charge in [-0.15, -0.1) is 0 Å². The van der Waals surface area contributed by atoms with Crippen molar-refractivity contribution < 1.29 is 5.11 Å². The van der Waals surface area contributed by atoms with Crippen LogP contribution in [0.15, 0.2) is 0 Å². The molecule has 0 aliphatic rings. The molecule has 0 atom stereocenters. The molecule has 0 radical (unpaired) electrons. The predicted molar refractivity (Wildman–Crippen MR) is 96.6 cm³/mol. The van der Waals surface area contributed by atoms with Crippen LogP contribution in [-0.2, 0) is 0 Å². The third-order valence-electron chi connectivity index (χ3n) is 3.59. The normalized spacial score (nSPS) is 11.2. The Morgan fingerprint density at radius 3 is 1.14 bits per heavy atom. The van der Waals surface area contributed by atoms with E-state index in [1.54, 1.807) is 0 Å². The standard InChI is InChI=1S/C17H40N4O/c1-2-9-18-10-3-4-11-19-12-5-6-13-20-14-7-8-15-21-16-17-22/h18-22H,2-17H2,1H3. The topological polar surface area (TPSA) is 68.3 Å². The first-order valence-electron chi connectivity index (χ1n) is 9.35. The first-order valence-corrected chi connectivity index (χ1v) is 9.35. The smallest absolute Gasteiger partial charge is 0.0555 e. The average molecular weight is 317 g/mol. The minimum absolute atomic E-state index is 0.238. The molecule has 5 N–H and O–H groups in total. The van der Waals surface area contributed by atoms with Gasteiger partial charge in [-0.2, -0.15) is 0 Å². The van der Waals surface area contributed by atoms with E-state index in [0.29, 0.717) is 0 Å². The van der Waals surface area contributed by atoms with Crippen molar-refractivity contribution in [2.75, 3.05) is 59.0 Å². The molecule has 0 fully saturated rings. The number of hydrogen-bond acceptors (Lipinski definition) is 5. The molecule has 0 aromatic heterocycles. The van der Waals surface area contributed by atoms with Crippen LogP contribution in [0.25, 0.3) is 0 Å². The summed E-state index contributed by atoms with van der Waals surface area (Å²) >= 11 is 0. The van der Waals surface area contributed by atoms with E-state index in [1.807, 2.05) is 0 Å². The maximum atomic E-state index is 8.62.